The van der Waals surface area contributed by atoms with Crippen molar-refractivity contribution in [3.05, 3.63) is 51.7 Å². The van der Waals surface area contributed by atoms with Gasteiger partial charge in [-0.1, -0.05) is 12.1 Å². The number of sulfone groups is 1. The summed E-state index contributed by atoms with van der Waals surface area (Å²) in [7, 11) is -3.19. The Morgan fingerprint density at radius 3 is 2.68 bits per heavy atom. The van der Waals surface area contributed by atoms with Gasteiger partial charge in [0.05, 0.1) is 11.0 Å². The van der Waals surface area contributed by atoms with Crippen molar-refractivity contribution in [2.45, 2.75) is 24.0 Å². The highest BCUT2D eigenvalue weighted by Gasteiger charge is 2.20. The molecule has 0 saturated heterocycles. The molecule has 0 spiro atoms. The predicted molar refractivity (Wildman–Crippen MR) is 87.8 cm³/mol. The molecule has 1 N–H and O–H groups in total. The third-order valence-electron chi connectivity index (χ3n) is 4.01. The molecule has 1 aromatic carbocycles. The fraction of sp³-hybridized carbons (Fsp3) is 0.375. The second-order valence-corrected chi connectivity index (χ2v) is 8.73. The van der Waals surface area contributed by atoms with Crippen LogP contribution in [0.4, 0.5) is 0 Å². The van der Waals surface area contributed by atoms with Crippen molar-refractivity contribution in [1.82, 2.24) is 4.90 Å². The van der Waals surface area contributed by atoms with Crippen LogP contribution in [0, 0.1) is 0 Å². The number of aliphatic hydroxyl groups is 1. The zero-order chi connectivity index (χ0) is 15.7. The monoisotopic (exact) mass is 337 g/mol. The molecule has 0 radical (unpaired) electrons. The number of hydrogen-bond acceptors (Lipinski definition) is 5. The van der Waals surface area contributed by atoms with Gasteiger partial charge in [0.25, 0.3) is 0 Å². The zero-order valence-corrected chi connectivity index (χ0v) is 14.0. The molecule has 4 nitrogen and oxygen atoms in total. The van der Waals surface area contributed by atoms with E-state index in [0.29, 0.717) is 6.54 Å². The summed E-state index contributed by atoms with van der Waals surface area (Å²) < 4.78 is 22.9. The molecule has 0 amide bonds. The molecule has 0 saturated carbocycles. The molecule has 1 aliphatic rings. The number of thiophene rings is 1. The first-order chi connectivity index (χ1) is 10.4. The standard InChI is InChI=1S/C16H19NO3S2/c1-22(19,20)14-4-2-12(3-5-14)15(18)11-17-8-6-16-13(10-17)7-9-21-16/h2-5,7,9,15,18H,6,8,10-11H2,1H3/t15-/m0/s1. The van der Waals surface area contributed by atoms with E-state index in [2.05, 4.69) is 16.3 Å². The molecular formula is C16H19NO3S2. The summed E-state index contributed by atoms with van der Waals surface area (Å²) in [6.07, 6.45) is 1.62. The number of β-amino-alcohol motifs (C(OH)–C–C–N with tert-alkyl or cyclic N) is 1. The average molecular weight is 337 g/mol. The lowest BCUT2D eigenvalue weighted by Crippen LogP contribution is -2.33. The van der Waals surface area contributed by atoms with E-state index in [1.165, 1.54) is 16.7 Å². The number of aliphatic hydroxyl groups excluding tert-OH is 1. The molecule has 2 heterocycles. The molecular weight excluding hydrogens is 318 g/mol. The molecule has 1 aromatic heterocycles. The summed E-state index contributed by atoms with van der Waals surface area (Å²) >= 11 is 1.80. The predicted octanol–water partition coefficient (Wildman–Crippen LogP) is 2.24. The topological polar surface area (TPSA) is 57.6 Å². The average Bonchev–Trinajstić information content (AvgIpc) is 2.94. The van der Waals surface area contributed by atoms with Crippen LogP contribution in [0.25, 0.3) is 0 Å². The SMILES string of the molecule is CS(=O)(=O)c1ccc([C@@H](O)CN2CCc3sccc3C2)cc1. The molecule has 1 aliphatic heterocycles. The summed E-state index contributed by atoms with van der Waals surface area (Å²) in [6, 6.07) is 8.66. The molecule has 118 valence electrons. The summed E-state index contributed by atoms with van der Waals surface area (Å²) in [5, 5.41) is 12.5. The highest BCUT2D eigenvalue weighted by atomic mass is 32.2. The van der Waals surface area contributed by atoms with Crippen LogP contribution in [0.3, 0.4) is 0 Å². The highest BCUT2D eigenvalue weighted by molar-refractivity contribution is 7.90. The van der Waals surface area contributed by atoms with Gasteiger partial charge in [-0.25, -0.2) is 8.42 Å². The van der Waals surface area contributed by atoms with Crippen molar-refractivity contribution < 1.29 is 13.5 Å². The second-order valence-electron chi connectivity index (χ2n) is 5.71. The van der Waals surface area contributed by atoms with E-state index in [1.54, 1.807) is 35.6 Å². The molecule has 3 rings (SSSR count). The van der Waals surface area contributed by atoms with Gasteiger partial charge >= 0.3 is 0 Å². The van der Waals surface area contributed by atoms with Crippen molar-refractivity contribution in [2.75, 3.05) is 19.3 Å². The van der Waals surface area contributed by atoms with Crippen molar-refractivity contribution >= 4 is 21.2 Å². The Balaban J connectivity index is 1.66. The van der Waals surface area contributed by atoms with Crippen LogP contribution in [0.2, 0.25) is 0 Å². The summed E-state index contributed by atoms with van der Waals surface area (Å²) in [4.78, 5) is 3.97. The lowest BCUT2D eigenvalue weighted by atomic mass is 10.1. The van der Waals surface area contributed by atoms with Crippen LogP contribution in [0.5, 0.6) is 0 Å². The van der Waals surface area contributed by atoms with Crippen LogP contribution in [-0.2, 0) is 22.8 Å². The minimum atomic E-state index is -3.19. The number of fused-ring (bicyclic) bond motifs is 1. The highest BCUT2D eigenvalue weighted by Crippen LogP contribution is 2.26. The molecule has 0 unspecified atom stereocenters. The Morgan fingerprint density at radius 2 is 2.00 bits per heavy atom. The van der Waals surface area contributed by atoms with E-state index in [-0.39, 0.29) is 4.90 Å². The first kappa shape index (κ1) is 15.7. The molecule has 6 heteroatoms. The Hall–Kier alpha value is -1.21. The van der Waals surface area contributed by atoms with Crippen molar-refractivity contribution in [2.24, 2.45) is 0 Å². The van der Waals surface area contributed by atoms with E-state index >= 15 is 0 Å². The minimum Gasteiger partial charge on any atom is -0.387 e. The third kappa shape index (κ3) is 3.41. The quantitative estimate of drug-likeness (QED) is 0.930. The molecule has 0 bridgehead atoms. The van der Waals surface area contributed by atoms with Gasteiger partial charge in [-0.05, 0) is 41.1 Å². The lowest BCUT2D eigenvalue weighted by Gasteiger charge is -2.28. The molecule has 0 aliphatic carbocycles. The first-order valence-corrected chi connectivity index (χ1v) is 9.96. The van der Waals surface area contributed by atoms with Crippen LogP contribution < -0.4 is 0 Å². The van der Waals surface area contributed by atoms with E-state index < -0.39 is 15.9 Å². The van der Waals surface area contributed by atoms with E-state index in [0.717, 1.165) is 25.1 Å². The van der Waals surface area contributed by atoms with Gasteiger partial charge < -0.3 is 5.11 Å². The Kier molecular flexibility index (Phi) is 4.36. The first-order valence-electron chi connectivity index (χ1n) is 7.19. The number of nitrogens with zero attached hydrogens (tertiary/aromatic N) is 1. The fourth-order valence-electron chi connectivity index (χ4n) is 2.75. The Morgan fingerprint density at radius 1 is 1.27 bits per heavy atom. The molecule has 0 fully saturated rings. The van der Waals surface area contributed by atoms with Gasteiger partial charge in [-0.2, -0.15) is 0 Å². The third-order valence-corrected chi connectivity index (χ3v) is 6.16. The summed E-state index contributed by atoms with van der Waals surface area (Å²) in [5.74, 6) is 0. The van der Waals surface area contributed by atoms with E-state index in [1.807, 2.05) is 0 Å². The minimum absolute atomic E-state index is 0.282. The Bertz CT molecular complexity index is 750. The maximum Gasteiger partial charge on any atom is 0.175 e. The van der Waals surface area contributed by atoms with Gasteiger partial charge in [0.2, 0.25) is 0 Å². The Labute approximate surface area is 134 Å². The van der Waals surface area contributed by atoms with Gasteiger partial charge in [-0.15, -0.1) is 11.3 Å². The van der Waals surface area contributed by atoms with E-state index in [9.17, 15) is 13.5 Å². The molecule has 1 atom stereocenters. The van der Waals surface area contributed by atoms with Gasteiger partial charge in [-0.3, -0.25) is 4.90 Å². The van der Waals surface area contributed by atoms with Gasteiger partial charge in [0.1, 0.15) is 0 Å². The van der Waals surface area contributed by atoms with Crippen molar-refractivity contribution in [1.29, 1.82) is 0 Å². The second kappa shape index (κ2) is 6.12. The normalized spacial score (nSPS) is 17.2. The van der Waals surface area contributed by atoms with Gasteiger partial charge in [0.15, 0.2) is 9.84 Å². The molecule has 22 heavy (non-hydrogen) atoms. The summed E-state index contributed by atoms with van der Waals surface area (Å²) in [6.45, 7) is 2.39. The fourth-order valence-corrected chi connectivity index (χ4v) is 4.27. The van der Waals surface area contributed by atoms with Crippen molar-refractivity contribution in [3.8, 4) is 0 Å². The number of benzene rings is 1. The van der Waals surface area contributed by atoms with Crippen molar-refractivity contribution in [3.63, 3.8) is 0 Å². The van der Waals surface area contributed by atoms with Crippen LogP contribution in [0.15, 0.2) is 40.6 Å². The maximum atomic E-state index is 11.5. The van der Waals surface area contributed by atoms with Gasteiger partial charge in [0, 0.05) is 30.8 Å². The maximum absolute atomic E-state index is 11.5. The number of hydrogen-bond donors (Lipinski definition) is 1. The number of rotatable bonds is 4. The lowest BCUT2D eigenvalue weighted by molar-refractivity contribution is 0.106. The van der Waals surface area contributed by atoms with Crippen LogP contribution >= 0.6 is 11.3 Å². The van der Waals surface area contributed by atoms with E-state index in [4.69, 9.17) is 0 Å². The molecule has 2 aromatic rings. The summed E-state index contributed by atoms with van der Waals surface area (Å²) in [5.41, 5.74) is 2.11. The smallest absolute Gasteiger partial charge is 0.175 e. The zero-order valence-electron chi connectivity index (χ0n) is 12.4. The van der Waals surface area contributed by atoms with Crippen LogP contribution in [0.1, 0.15) is 22.1 Å². The van der Waals surface area contributed by atoms with Crippen LogP contribution in [-0.4, -0.2) is 37.8 Å². The largest absolute Gasteiger partial charge is 0.387 e.